The van der Waals surface area contributed by atoms with Gasteiger partial charge in [-0.3, -0.25) is 0 Å². The summed E-state index contributed by atoms with van der Waals surface area (Å²) >= 11 is 0. The summed E-state index contributed by atoms with van der Waals surface area (Å²) in [5.74, 6) is 0.773. The van der Waals surface area contributed by atoms with Gasteiger partial charge in [0, 0.05) is 19.1 Å². The van der Waals surface area contributed by atoms with Crippen LogP contribution in [0.15, 0.2) is 30.3 Å². The van der Waals surface area contributed by atoms with Crippen LogP contribution < -0.4 is 5.32 Å². The summed E-state index contributed by atoms with van der Waals surface area (Å²) in [6.45, 7) is 7.46. The van der Waals surface area contributed by atoms with Crippen molar-refractivity contribution in [2.45, 2.75) is 44.1 Å². The van der Waals surface area contributed by atoms with Gasteiger partial charge in [0.2, 0.25) is 0 Å². The quantitative estimate of drug-likeness (QED) is 0.814. The highest BCUT2D eigenvalue weighted by Crippen LogP contribution is 2.34. The average molecular weight is 316 g/mol. The maximum Gasteiger partial charge on any atom is 0.0109 e. The second-order valence-corrected chi connectivity index (χ2v) is 7.42. The predicted molar refractivity (Wildman–Crippen MR) is 98.0 cm³/mol. The first-order valence-corrected chi connectivity index (χ1v) is 9.50. The Balaban J connectivity index is 1.31. The van der Waals surface area contributed by atoms with Crippen molar-refractivity contribution in [2.75, 3.05) is 46.3 Å². The van der Waals surface area contributed by atoms with Gasteiger partial charge < -0.3 is 15.1 Å². The van der Waals surface area contributed by atoms with E-state index in [0.29, 0.717) is 0 Å². The van der Waals surface area contributed by atoms with E-state index in [1.54, 1.807) is 0 Å². The lowest BCUT2D eigenvalue weighted by molar-refractivity contribution is 0.271. The summed E-state index contributed by atoms with van der Waals surface area (Å²) in [5.41, 5.74) is 1.53. The normalized spacial score (nSPS) is 27.2. The smallest absolute Gasteiger partial charge is 0.0109 e. The molecular weight excluding hydrogens is 282 g/mol. The molecule has 0 aromatic heterocycles. The average Bonchev–Trinajstić information content (AvgIpc) is 2.96. The van der Waals surface area contributed by atoms with Gasteiger partial charge >= 0.3 is 0 Å². The number of hydrogen-bond donors (Lipinski definition) is 1. The first-order chi connectivity index (χ1) is 11.3. The van der Waals surface area contributed by atoms with Gasteiger partial charge in [0.1, 0.15) is 0 Å². The number of benzene rings is 1. The first kappa shape index (κ1) is 16.9. The van der Waals surface area contributed by atoms with Crippen LogP contribution in [-0.2, 0) is 0 Å². The highest BCUT2D eigenvalue weighted by Gasteiger charge is 2.25. The Morgan fingerprint density at radius 1 is 1.04 bits per heavy atom. The van der Waals surface area contributed by atoms with Crippen LogP contribution in [0.5, 0.6) is 0 Å². The van der Waals surface area contributed by atoms with E-state index in [-0.39, 0.29) is 0 Å². The molecule has 2 aliphatic rings. The minimum atomic E-state index is 0.732. The molecule has 1 aromatic carbocycles. The molecule has 2 unspecified atom stereocenters. The Morgan fingerprint density at radius 2 is 1.91 bits per heavy atom. The lowest BCUT2D eigenvalue weighted by Gasteiger charge is -2.21. The van der Waals surface area contributed by atoms with Crippen molar-refractivity contribution < 1.29 is 0 Å². The maximum absolute atomic E-state index is 3.81. The monoisotopic (exact) mass is 315 g/mol. The molecule has 1 N–H and O–H groups in total. The first-order valence-electron chi connectivity index (χ1n) is 9.50. The number of nitrogens with one attached hydrogen (secondary N) is 1. The molecule has 1 saturated heterocycles. The minimum absolute atomic E-state index is 0.732. The molecule has 23 heavy (non-hydrogen) atoms. The molecule has 3 heteroatoms. The van der Waals surface area contributed by atoms with E-state index in [9.17, 15) is 0 Å². The second kappa shape index (κ2) is 8.81. The van der Waals surface area contributed by atoms with E-state index < -0.39 is 0 Å². The lowest BCUT2D eigenvalue weighted by atomic mass is 9.98. The van der Waals surface area contributed by atoms with Crippen molar-refractivity contribution >= 4 is 0 Å². The third-order valence-electron chi connectivity index (χ3n) is 5.60. The number of hydrogen-bond acceptors (Lipinski definition) is 3. The van der Waals surface area contributed by atoms with Gasteiger partial charge in [-0.2, -0.15) is 0 Å². The molecule has 2 fully saturated rings. The Morgan fingerprint density at radius 3 is 2.78 bits per heavy atom. The molecule has 1 heterocycles. The SMILES string of the molecule is CN1CCCN(CCCNC2CCC(c3ccccc3)C2)CC1. The fourth-order valence-corrected chi connectivity index (χ4v) is 4.13. The van der Waals surface area contributed by atoms with Crippen LogP contribution >= 0.6 is 0 Å². The Bertz CT molecular complexity index is 447. The molecular formula is C20H33N3. The van der Waals surface area contributed by atoms with E-state index in [0.717, 1.165) is 12.0 Å². The maximum atomic E-state index is 3.81. The van der Waals surface area contributed by atoms with Crippen LogP contribution in [0.2, 0.25) is 0 Å². The minimum Gasteiger partial charge on any atom is -0.314 e. The lowest BCUT2D eigenvalue weighted by Crippen LogP contribution is -2.33. The van der Waals surface area contributed by atoms with Crippen molar-refractivity contribution in [3.8, 4) is 0 Å². The zero-order valence-corrected chi connectivity index (χ0v) is 14.7. The van der Waals surface area contributed by atoms with Gasteiger partial charge in [0.15, 0.2) is 0 Å². The van der Waals surface area contributed by atoms with Gasteiger partial charge in [0.05, 0.1) is 0 Å². The summed E-state index contributed by atoms with van der Waals surface area (Å²) in [6.07, 6.45) is 6.62. The standard InChI is InChI=1S/C20H33N3/c1-22-12-6-14-23(16-15-22)13-5-11-21-20-10-9-19(17-20)18-7-3-2-4-8-18/h2-4,7-8,19-21H,5-6,9-17H2,1H3. The van der Waals surface area contributed by atoms with Crippen molar-refractivity contribution in [1.29, 1.82) is 0 Å². The third kappa shape index (κ3) is 5.30. The zero-order valence-electron chi connectivity index (χ0n) is 14.7. The molecule has 2 atom stereocenters. The molecule has 3 nitrogen and oxygen atoms in total. The fraction of sp³-hybridized carbons (Fsp3) is 0.700. The van der Waals surface area contributed by atoms with Crippen LogP contribution in [0.3, 0.4) is 0 Å². The number of nitrogens with zero attached hydrogens (tertiary/aromatic N) is 2. The van der Waals surface area contributed by atoms with Gasteiger partial charge in [-0.1, -0.05) is 30.3 Å². The summed E-state index contributed by atoms with van der Waals surface area (Å²) < 4.78 is 0. The third-order valence-corrected chi connectivity index (χ3v) is 5.60. The molecule has 0 bridgehead atoms. The summed E-state index contributed by atoms with van der Waals surface area (Å²) in [5, 5.41) is 3.81. The molecule has 128 valence electrons. The zero-order chi connectivity index (χ0) is 15.9. The van der Waals surface area contributed by atoms with Gasteiger partial charge in [-0.05, 0) is 76.8 Å². The molecule has 0 amide bonds. The Kier molecular flexibility index (Phi) is 6.49. The van der Waals surface area contributed by atoms with E-state index in [2.05, 4.69) is 52.5 Å². The molecule has 1 saturated carbocycles. The van der Waals surface area contributed by atoms with Gasteiger partial charge in [-0.15, -0.1) is 0 Å². The van der Waals surface area contributed by atoms with Gasteiger partial charge in [-0.25, -0.2) is 0 Å². The van der Waals surface area contributed by atoms with Crippen LogP contribution in [-0.4, -0.2) is 62.2 Å². The van der Waals surface area contributed by atoms with Crippen molar-refractivity contribution in [3.05, 3.63) is 35.9 Å². The van der Waals surface area contributed by atoms with Crippen molar-refractivity contribution in [2.24, 2.45) is 0 Å². The van der Waals surface area contributed by atoms with Crippen LogP contribution in [0.1, 0.15) is 43.6 Å². The van der Waals surface area contributed by atoms with Gasteiger partial charge in [0.25, 0.3) is 0 Å². The number of likely N-dealkylation sites (N-methyl/N-ethyl adjacent to an activating group) is 1. The largest absolute Gasteiger partial charge is 0.314 e. The summed E-state index contributed by atoms with van der Waals surface area (Å²) in [6, 6.07) is 11.8. The topological polar surface area (TPSA) is 18.5 Å². The molecule has 1 aliphatic carbocycles. The molecule has 1 aliphatic heterocycles. The molecule has 0 radical (unpaired) electrons. The summed E-state index contributed by atoms with van der Waals surface area (Å²) in [7, 11) is 2.24. The number of rotatable bonds is 6. The second-order valence-electron chi connectivity index (χ2n) is 7.42. The fourth-order valence-electron chi connectivity index (χ4n) is 4.13. The van der Waals surface area contributed by atoms with Crippen LogP contribution in [0, 0.1) is 0 Å². The highest BCUT2D eigenvalue weighted by molar-refractivity contribution is 5.20. The van der Waals surface area contributed by atoms with E-state index in [1.165, 1.54) is 76.9 Å². The Hall–Kier alpha value is -0.900. The van der Waals surface area contributed by atoms with Crippen LogP contribution in [0.4, 0.5) is 0 Å². The van der Waals surface area contributed by atoms with Crippen molar-refractivity contribution in [3.63, 3.8) is 0 Å². The van der Waals surface area contributed by atoms with Crippen LogP contribution in [0.25, 0.3) is 0 Å². The predicted octanol–water partition coefficient (Wildman–Crippen LogP) is 2.94. The van der Waals surface area contributed by atoms with E-state index >= 15 is 0 Å². The summed E-state index contributed by atoms with van der Waals surface area (Å²) in [4.78, 5) is 5.10. The highest BCUT2D eigenvalue weighted by atomic mass is 15.2. The molecule has 1 aromatic rings. The molecule has 0 spiro atoms. The van der Waals surface area contributed by atoms with E-state index in [4.69, 9.17) is 0 Å². The molecule has 3 rings (SSSR count). The van der Waals surface area contributed by atoms with Crippen molar-refractivity contribution in [1.82, 2.24) is 15.1 Å². The van der Waals surface area contributed by atoms with E-state index in [1.807, 2.05) is 0 Å². The Labute approximate surface area is 142 Å².